The molecule has 0 bridgehead atoms. The first kappa shape index (κ1) is 22.7. The molecule has 0 aromatic heterocycles. The lowest BCUT2D eigenvalue weighted by molar-refractivity contribution is -0.118. The number of para-hydroxylation sites is 1. The first-order valence-corrected chi connectivity index (χ1v) is 11.7. The average Bonchev–Trinajstić information content (AvgIpc) is 2.78. The molecule has 0 fully saturated rings. The predicted molar refractivity (Wildman–Crippen MR) is 123 cm³/mol. The van der Waals surface area contributed by atoms with Crippen LogP contribution in [0.4, 0.5) is 5.69 Å². The fourth-order valence-electron chi connectivity index (χ4n) is 3.41. The Bertz CT molecular complexity index is 1100. The molecular weight excluding hydrogens is 410 g/mol. The number of benzene rings is 3. The van der Waals surface area contributed by atoms with Crippen LogP contribution in [0.2, 0.25) is 0 Å². The summed E-state index contributed by atoms with van der Waals surface area (Å²) in [6.07, 6.45) is 0.686. The van der Waals surface area contributed by atoms with Crippen LogP contribution < -0.4 is 15.4 Å². The number of primary sulfonamides is 1. The van der Waals surface area contributed by atoms with Crippen molar-refractivity contribution < 1.29 is 13.2 Å². The Morgan fingerprint density at radius 2 is 1.61 bits per heavy atom. The van der Waals surface area contributed by atoms with Gasteiger partial charge in [0.25, 0.3) is 0 Å². The lowest BCUT2D eigenvalue weighted by atomic mass is 10.0. The highest BCUT2D eigenvalue weighted by Crippen LogP contribution is 2.21. The highest BCUT2D eigenvalue weighted by Gasteiger charge is 2.19. The number of nitrogens with one attached hydrogen (secondary N) is 1. The van der Waals surface area contributed by atoms with Gasteiger partial charge in [-0.2, -0.15) is 0 Å². The van der Waals surface area contributed by atoms with Crippen molar-refractivity contribution in [2.75, 3.05) is 11.4 Å². The molecule has 0 heterocycles. The minimum absolute atomic E-state index is 0.0616. The number of anilines is 1. The summed E-state index contributed by atoms with van der Waals surface area (Å²) in [6, 6.07) is 25.7. The second-order valence-electron chi connectivity index (χ2n) is 7.26. The molecule has 0 spiro atoms. The fraction of sp³-hybridized carbons (Fsp3) is 0.208. The monoisotopic (exact) mass is 437 g/mol. The van der Waals surface area contributed by atoms with Crippen molar-refractivity contribution >= 4 is 21.6 Å². The van der Waals surface area contributed by atoms with E-state index in [4.69, 9.17) is 5.14 Å². The SMILES string of the molecule is CCC(NCC(=O)N(Cc1ccccc1)c1ccccc1)c1cccc(S(N)(=O)=O)c1. The summed E-state index contributed by atoms with van der Waals surface area (Å²) in [5.74, 6) is -0.0731. The first-order valence-electron chi connectivity index (χ1n) is 10.1. The Balaban J connectivity index is 1.76. The molecule has 1 amide bonds. The molecule has 162 valence electrons. The van der Waals surface area contributed by atoms with E-state index in [9.17, 15) is 13.2 Å². The van der Waals surface area contributed by atoms with Gasteiger partial charge in [0.15, 0.2) is 0 Å². The van der Waals surface area contributed by atoms with Crippen LogP contribution >= 0.6 is 0 Å². The number of carbonyl (C=O) groups excluding carboxylic acids is 1. The summed E-state index contributed by atoms with van der Waals surface area (Å²) >= 11 is 0. The molecular formula is C24H27N3O3S. The lowest BCUT2D eigenvalue weighted by Gasteiger charge is -2.25. The zero-order valence-electron chi connectivity index (χ0n) is 17.4. The summed E-state index contributed by atoms with van der Waals surface area (Å²) in [6.45, 7) is 2.55. The van der Waals surface area contributed by atoms with E-state index in [0.717, 1.165) is 16.8 Å². The molecule has 31 heavy (non-hydrogen) atoms. The molecule has 3 aromatic rings. The zero-order valence-corrected chi connectivity index (χ0v) is 18.3. The number of sulfonamides is 1. The molecule has 0 saturated carbocycles. The van der Waals surface area contributed by atoms with E-state index >= 15 is 0 Å². The number of carbonyl (C=O) groups is 1. The van der Waals surface area contributed by atoms with Gasteiger partial charge in [0.05, 0.1) is 18.0 Å². The topological polar surface area (TPSA) is 92.5 Å². The van der Waals surface area contributed by atoms with Crippen molar-refractivity contribution in [2.45, 2.75) is 30.8 Å². The number of amides is 1. The first-order chi connectivity index (χ1) is 14.9. The van der Waals surface area contributed by atoms with E-state index in [0.29, 0.717) is 13.0 Å². The fourth-order valence-corrected chi connectivity index (χ4v) is 3.98. The Labute approximate surface area is 183 Å². The van der Waals surface area contributed by atoms with Crippen molar-refractivity contribution in [3.8, 4) is 0 Å². The maximum absolute atomic E-state index is 13.2. The molecule has 0 aliphatic rings. The second-order valence-corrected chi connectivity index (χ2v) is 8.82. The maximum Gasteiger partial charge on any atom is 0.241 e. The van der Waals surface area contributed by atoms with Gasteiger partial charge in [0.1, 0.15) is 0 Å². The van der Waals surface area contributed by atoms with E-state index < -0.39 is 10.0 Å². The zero-order chi connectivity index (χ0) is 22.3. The molecule has 0 aliphatic carbocycles. The molecule has 1 atom stereocenters. The van der Waals surface area contributed by atoms with Crippen LogP contribution in [0.3, 0.4) is 0 Å². The molecule has 6 nitrogen and oxygen atoms in total. The van der Waals surface area contributed by atoms with Crippen LogP contribution in [0.1, 0.15) is 30.5 Å². The van der Waals surface area contributed by atoms with Crippen LogP contribution in [0.5, 0.6) is 0 Å². The smallest absolute Gasteiger partial charge is 0.241 e. The van der Waals surface area contributed by atoms with E-state index in [2.05, 4.69) is 5.32 Å². The standard InChI is InChI=1S/C24H27N3O3S/c1-2-23(20-12-9-15-22(16-20)31(25,29)30)26-17-24(28)27(21-13-7-4-8-14-21)18-19-10-5-3-6-11-19/h3-16,23,26H,2,17-18H2,1H3,(H2,25,29,30). The summed E-state index contributed by atoms with van der Waals surface area (Å²) in [4.78, 5) is 15.0. The minimum atomic E-state index is -3.79. The molecule has 0 saturated heterocycles. The van der Waals surface area contributed by atoms with Gasteiger partial charge in [0.2, 0.25) is 15.9 Å². The molecule has 3 rings (SSSR count). The third-order valence-electron chi connectivity index (χ3n) is 5.05. The molecule has 0 radical (unpaired) electrons. The van der Waals surface area contributed by atoms with E-state index in [1.54, 1.807) is 17.0 Å². The van der Waals surface area contributed by atoms with Crippen molar-refractivity contribution in [1.82, 2.24) is 5.32 Å². The number of nitrogens with two attached hydrogens (primary N) is 1. The summed E-state index contributed by atoms with van der Waals surface area (Å²) < 4.78 is 23.4. The van der Waals surface area contributed by atoms with Crippen LogP contribution in [-0.4, -0.2) is 20.9 Å². The highest BCUT2D eigenvalue weighted by molar-refractivity contribution is 7.89. The Morgan fingerprint density at radius 1 is 0.968 bits per heavy atom. The predicted octanol–water partition coefficient (Wildman–Crippen LogP) is 3.61. The Hall–Kier alpha value is -3.00. The van der Waals surface area contributed by atoms with E-state index in [1.165, 1.54) is 6.07 Å². The lowest BCUT2D eigenvalue weighted by Crippen LogP contribution is -2.39. The molecule has 3 aromatic carbocycles. The average molecular weight is 438 g/mol. The maximum atomic E-state index is 13.2. The van der Waals surface area contributed by atoms with E-state index in [1.807, 2.05) is 73.7 Å². The van der Waals surface area contributed by atoms with Gasteiger partial charge >= 0.3 is 0 Å². The van der Waals surface area contributed by atoms with Crippen molar-refractivity contribution in [2.24, 2.45) is 5.14 Å². The van der Waals surface area contributed by atoms with Crippen LogP contribution in [0, 0.1) is 0 Å². The van der Waals surface area contributed by atoms with Gasteiger partial charge in [-0.25, -0.2) is 13.6 Å². The summed E-state index contributed by atoms with van der Waals surface area (Å²) in [5.41, 5.74) is 2.63. The van der Waals surface area contributed by atoms with Crippen LogP contribution in [0.25, 0.3) is 0 Å². The van der Waals surface area contributed by atoms with Gasteiger partial charge in [-0.1, -0.05) is 67.6 Å². The van der Waals surface area contributed by atoms with Gasteiger partial charge in [0, 0.05) is 11.7 Å². The van der Waals surface area contributed by atoms with Gasteiger partial charge in [-0.05, 0) is 41.8 Å². The van der Waals surface area contributed by atoms with Crippen LogP contribution in [0.15, 0.2) is 89.8 Å². The Morgan fingerprint density at radius 3 is 2.23 bits per heavy atom. The highest BCUT2D eigenvalue weighted by atomic mass is 32.2. The third-order valence-corrected chi connectivity index (χ3v) is 5.96. The minimum Gasteiger partial charge on any atom is -0.307 e. The third kappa shape index (κ3) is 6.24. The van der Waals surface area contributed by atoms with Crippen LogP contribution in [-0.2, 0) is 21.4 Å². The van der Waals surface area contributed by atoms with Crippen molar-refractivity contribution in [3.63, 3.8) is 0 Å². The summed E-state index contributed by atoms with van der Waals surface area (Å²) in [5, 5.41) is 8.53. The van der Waals surface area contributed by atoms with Gasteiger partial charge in [-0.3, -0.25) is 4.79 Å². The summed E-state index contributed by atoms with van der Waals surface area (Å²) in [7, 11) is -3.79. The van der Waals surface area contributed by atoms with E-state index in [-0.39, 0.29) is 23.4 Å². The molecule has 1 unspecified atom stereocenters. The van der Waals surface area contributed by atoms with Gasteiger partial charge < -0.3 is 10.2 Å². The largest absolute Gasteiger partial charge is 0.307 e. The van der Waals surface area contributed by atoms with Crippen molar-refractivity contribution in [3.05, 3.63) is 96.1 Å². The number of rotatable bonds is 9. The molecule has 0 aliphatic heterocycles. The molecule has 3 N–H and O–H groups in total. The van der Waals surface area contributed by atoms with Gasteiger partial charge in [-0.15, -0.1) is 0 Å². The quantitative estimate of drug-likeness (QED) is 0.535. The second kappa shape index (κ2) is 10.3. The van der Waals surface area contributed by atoms with Crippen molar-refractivity contribution in [1.29, 1.82) is 0 Å². The number of hydrogen-bond acceptors (Lipinski definition) is 4. The number of nitrogens with zero attached hydrogens (tertiary/aromatic N) is 1. The normalized spacial score (nSPS) is 12.3. The molecule has 7 heteroatoms. The number of hydrogen-bond donors (Lipinski definition) is 2. The Kier molecular flexibility index (Phi) is 7.57.